The number of unbranched alkanes of at least 4 members (excludes halogenated alkanes) is 24. The Morgan fingerprint density at radius 1 is 0.370 bits per heavy atom. The molecule has 0 saturated carbocycles. The third-order valence-electron chi connectivity index (χ3n) is 9.23. The number of allylic oxidation sites excluding steroid dienone is 4. The molecule has 0 rings (SSSR count). The summed E-state index contributed by atoms with van der Waals surface area (Å²) in [5.74, 6) is 0. The Kier molecular flexibility index (Phi) is 33.1. The van der Waals surface area contributed by atoms with Gasteiger partial charge in [-0.1, -0.05) is 141 Å². The molecule has 0 aromatic rings. The van der Waals surface area contributed by atoms with Crippen LogP contribution in [0.2, 0.25) is 0 Å². The van der Waals surface area contributed by atoms with E-state index in [1.54, 1.807) is 0 Å². The molecule has 0 amide bonds. The van der Waals surface area contributed by atoms with Crippen molar-refractivity contribution >= 4 is 20.0 Å². The first-order valence-electron chi connectivity index (χ1n) is 19.2. The van der Waals surface area contributed by atoms with Gasteiger partial charge in [-0.2, -0.15) is 16.8 Å². The largest absolute Gasteiger partial charge is 1.00 e. The summed E-state index contributed by atoms with van der Waals surface area (Å²) < 4.78 is 50.7. The lowest BCUT2D eigenvalue weighted by molar-refractivity contribution is -0.673. The van der Waals surface area contributed by atoms with Crippen molar-refractivity contribution in [2.24, 2.45) is 0 Å². The smallest absolute Gasteiger partial charge is 0.308 e. The minimum absolute atomic E-state index is 0. The van der Waals surface area contributed by atoms with Crippen LogP contribution in [-0.4, -0.2) is 45.7 Å². The van der Waals surface area contributed by atoms with Crippen LogP contribution in [0, 0.1) is 0 Å². The molecule has 0 saturated heterocycles. The zero-order valence-corrected chi connectivity index (χ0v) is 33.2. The van der Waals surface area contributed by atoms with E-state index in [0.717, 1.165) is 63.9 Å². The lowest BCUT2D eigenvalue weighted by Gasteiger charge is -2.33. The summed E-state index contributed by atoms with van der Waals surface area (Å²) in [4.78, 5) is 0. The number of rotatable bonds is 34. The third kappa shape index (κ3) is 25.6. The van der Waals surface area contributed by atoms with Crippen molar-refractivity contribution in [3.05, 3.63) is 24.3 Å². The van der Waals surface area contributed by atoms with Crippen LogP contribution in [0.25, 0.3) is 0 Å². The Balaban J connectivity index is 0. The highest BCUT2D eigenvalue weighted by Gasteiger charge is 2.47. The van der Waals surface area contributed by atoms with Gasteiger partial charge in [0, 0.05) is 0 Å². The van der Waals surface area contributed by atoms with E-state index in [-0.39, 0.29) is 25.5 Å². The number of halogens is 1. The van der Waals surface area contributed by atoms with E-state index in [1.165, 1.54) is 116 Å². The van der Waals surface area contributed by atoms with Crippen molar-refractivity contribution in [1.29, 1.82) is 0 Å². The standard InChI is InChI=1S/C38H76NO4S2.ClH/c1-5-7-9-11-13-15-17-19-21-23-25-27-29-31-33-35-37-39(44(3,40)41,45(4,42)43)38-36-34-32-30-28-26-24-22-20-18-16-14-12-10-8-6-2;/h19-22H,5-18,23-38H2,1-4H3;1H/q+1;/p-1. The molecule has 0 bridgehead atoms. The van der Waals surface area contributed by atoms with Gasteiger partial charge in [-0.25, -0.2) is 0 Å². The minimum Gasteiger partial charge on any atom is -1.00 e. The van der Waals surface area contributed by atoms with Gasteiger partial charge in [-0.15, -0.1) is 3.29 Å². The molecular formula is C38H76ClNO4S2. The normalized spacial score (nSPS) is 12.8. The van der Waals surface area contributed by atoms with Gasteiger partial charge < -0.3 is 12.4 Å². The van der Waals surface area contributed by atoms with Crippen LogP contribution in [0.15, 0.2) is 24.3 Å². The van der Waals surface area contributed by atoms with Gasteiger partial charge in [0.2, 0.25) is 0 Å². The topological polar surface area (TPSA) is 68.3 Å². The SMILES string of the molecule is CCCCCCCCC=CCCCCCCCC[N+](CCCCCCCCC=CCCCCCCCC)(S(C)(=O)=O)S(C)(=O)=O.[Cl-]. The molecule has 8 heteroatoms. The first-order valence-corrected chi connectivity index (χ1v) is 22.9. The second kappa shape index (κ2) is 31.9. The molecule has 0 aliphatic rings. The molecule has 0 spiro atoms. The number of sulfonamides is 2. The fourth-order valence-electron chi connectivity index (χ4n) is 6.22. The molecule has 0 fully saturated rings. The van der Waals surface area contributed by atoms with E-state index in [1.807, 2.05) is 0 Å². The van der Waals surface area contributed by atoms with E-state index in [4.69, 9.17) is 0 Å². The predicted octanol–water partition coefficient (Wildman–Crippen LogP) is 8.80. The summed E-state index contributed by atoms with van der Waals surface area (Å²) in [6, 6.07) is 0. The molecule has 0 heterocycles. The summed E-state index contributed by atoms with van der Waals surface area (Å²) in [5.41, 5.74) is 0. The van der Waals surface area contributed by atoms with Crippen LogP contribution in [0.4, 0.5) is 0 Å². The second-order valence-electron chi connectivity index (χ2n) is 13.6. The molecule has 0 radical (unpaired) electrons. The quantitative estimate of drug-likeness (QED) is 0.0381. The lowest BCUT2D eigenvalue weighted by Crippen LogP contribution is -3.00. The van der Waals surface area contributed by atoms with Crippen LogP contribution in [0.3, 0.4) is 0 Å². The highest BCUT2D eigenvalue weighted by molar-refractivity contribution is 7.97. The maximum atomic E-state index is 12.9. The minimum atomic E-state index is -3.79. The third-order valence-corrected chi connectivity index (χ3v) is 14.0. The van der Waals surface area contributed by atoms with E-state index in [9.17, 15) is 16.8 Å². The van der Waals surface area contributed by atoms with Crippen molar-refractivity contribution < 1.29 is 32.5 Å². The van der Waals surface area contributed by atoms with Gasteiger partial charge >= 0.3 is 20.0 Å². The maximum absolute atomic E-state index is 12.9. The van der Waals surface area contributed by atoms with E-state index in [2.05, 4.69) is 38.2 Å². The Morgan fingerprint density at radius 2 is 0.587 bits per heavy atom. The molecule has 0 aromatic heterocycles. The summed E-state index contributed by atoms with van der Waals surface area (Å²) in [6.45, 7) is 4.85. The average Bonchev–Trinajstić information content (AvgIpc) is 2.98. The molecule has 0 aromatic carbocycles. The maximum Gasteiger partial charge on any atom is 0.308 e. The Hall–Kier alpha value is -0.370. The molecule has 276 valence electrons. The number of quaternary nitrogens is 1. The van der Waals surface area contributed by atoms with E-state index in [0.29, 0.717) is 12.8 Å². The number of nitrogens with zero attached hydrogens (tertiary/aromatic N) is 1. The van der Waals surface area contributed by atoms with Gasteiger partial charge in [-0.05, 0) is 77.0 Å². The second-order valence-corrected chi connectivity index (χ2v) is 18.2. The van der Waals surface area contributed by atoms with E-state index >= 15 is 0 Å². The average molecular weight is 711 g/mol. The molecule has 46 heavy (non-hydrogen) atoms. The fraction of sp³-hybridized carbons (Fsp3) is 0.895. The van der Waals surface area contributed by atoms with Crippen LogP contribution < -0.4 is 12.4 Å². The Labute approximate surface area is 295 Å². The molecular weight excluding hydrogens is 634 g/mol. The van der Waals surface area contributed by atoms with Crippen LogP contribution in [0.5, 0.6) is 0 Å². The fourth-order valence-corrected chi connectivity index (χ4v) is 10.0. The van der Waals surface area contributed by atoms with Crippen molar-refractivity contribution in [2.75, 3.05) is 25.6 Å². The first-order chi connectivity index (χ1) is 21.6. The summed E-state index contributed by atoms with van der Waals surface area (Å²) >= 11 is 0. The highest BCUT2D eigenvalue weighted by Crippen LogP contribution is 2.25. The number of hydrogen-bond donors (Lipinski definition) is 0. The highest BCUT2D eigenvalue weighted by atomic mass is 35.5. The summed E-state index contributed by atoms with van der Waals surface area (Å²) in [5, 5.41) is 0. The molecule has 0 atom stereocenters. The zero-order chi connectivity index (χ0) is 33.5. The van der Waals surface area contributed by atoms with Gasteiger partial charge in [0.25, 0.3) is 0 Å². The van der Waals surface area contributed by atoms with Gasteiger partial charge in [0.1, 0.15) is 13.1 Å². The Bertz CT molecular complexity index is 856. The van der Waals surface area contributed by atoms with Crippen molar-refractivity contribution in [3.8, 4) is 0 Å². The van der Waals surface area contributed by atoms with Gasteiger partial charge in [-0.3, -0.25) is 0 Å². The summed E-state index contributed by atoms with van der Waals surface area (Å²) in [6.07, 6.45) is 44.4. The Morgan fingerprint density at radius 3 is 0.826 bits per heavy atom. The van der Waals surface area contributed by atoms with E-state index < -0.39 is 23.3 Å². The first kappa shape index (κ1) is 47.7. The summed E-state index contributed by atoms with van der Waals surface area (Å²) in [7, 11) is -7.58. The molecule has 5 nitrogen and oxygen atoms in total. The van der Waals surface area contributed by atoms with Crippen LogP contribution >= 0.6 is 0 Å². The van der Waals surface area contributed by atoms with Gasteiger partial charge in [0.15, 0.2) is 0 Å². The molecule has 0 aliphatic carbocycles. The lowest BCUT2D eigenvalue weighted by atomic mass is 10.1. The van der Waals surface area contributed by atoms with Crippen LogP contribution in [-0.2, 0) is 20.0 Å². The van der Waals surface area contributed by atoms with Crippen molar-refractivity contribution in [1.82, 2.24) is 0 Å². The predicted molar refractivity (Wildman–Crippen MR) is 199 cm³/mol. The molecule has 0 unspecified atom stereocenters. The monoisotopic (exact) mass is 709 g/mol. The van der Waals surface area contributed by atoms with Gasteiger partial charge in [0.05, 0.1) is 12.5 Å². The van der Waals surface area contributed by atoms with Crippen molar-refractivity contribution in [2.45, 2.75) is 194 Å². The number of hydrogen-bond acceptors (Lipinski definition) is 4. The van der Waals surface area contributed by atoms with Crippen LogP contribution in [0.1, 0.15) is 194 Å². The molecule has 0 N–H and O–H groups in total. The molecule has 0 aliphatic heterocycles. The zero-order valence-electron chi connectivity index (χ0n) is 30.8. The van der Waals surface area contributed by atoms with Crippen molar-refractivity contribution in [3.63, 3.8) is 0 Å².